The van der Waals surface area contributed by atoms with Gasteiger partial charge in [-0.25, -0.2) is 9.97 Å². The molecule has 21 heavy (non-hydrogen) atoms. The van der Waals surface area contributed by atoms with Crippen LogP contribution in [0.2, 0.25) is 0 Å². The summed E-state index contributed by atoms with van der Waals surface area (Å²) in [5, 5.41) is 3.13. The number of thiophene rings is 1. The molecule has 6 nitrogen and oxygen atoms in total. The lowest BCUT2D eigenvalue weighted by Crippen LogP contribution is -2.49. The van der Waals surface area contributed by atoms with Crippen molar-refractivity contribution in [3.05, 3.63) is 17.8 Å². The summed E-state index contributed by atoms with van der Waals surface area (Å²) in [7, 11) is 0. The molecular weight excluding hydrogens is 286 g/mol. The first-order valence-corrected chi connectivity index (χ1v) is 7.99. The van der Waals surface area contributed by atoms with E-state index in [9.17, 15) is 4.79 Å². The molecule has 1 unspecified atom stereocenters. The zero-order valence-electron chi connectivity index (χ0n) is 12.0. The van der Waals surface area contributed by atoms with Gasteiger partial charge in [-0.2, -0.15) is 0 Å². The number of rotatable bonds is 3. The first-order valence-electron chi connectivity index (χ1n) is 7.11. The molecule has 1 atom stereocenters. The van der Waals surface area contributed by atoms with Crippen molar-refractivity contribution in [2.75, 3.05) is 31.1 Å². The summed E-state index contributed by atoms with van der Waals surface area (Å²) in [6.45, 7) is 4.91. The number of piperazine rings is 1. The molecular formula is C14H19N5OS. The van der Waals surface area contributed by atoms with E-state index in [4.69, 9.17) is 5.73 Å². The zero-order chi connectivity index (χ0) is 14.8. The van der Waals surface area contributed by atoms with Gasteiger partial charge in [0.2, 0.25) is 5.91 Å². The second kappa shape index (κ2) is 5.95. The van der Waals surface area contributed by atoms with Crippen molar-refractivity contribution in [2.24, 2.45) is 5.73 Å². The van der Waals surface area contributed by atoms with Gasteiger partial charge in [-0.05, 0) is 18.4 Å². The Kier molecular flexibility index (Phi) is 4.03. The zero-order valence-corrected chi connectivity index (χ0v) is 12.8. The van der Waals surface area contributed by atoms with Gasteiger partial charge in [-0.3, -0.25) is 4.79 Å². The predicted molar refractivity (Wildman–Crippen MR) is 84.5 cm³/mol. The van der Waals surface area contributed by atoms with Crippen LogP contribution >= 0.6 is 11.3 Å². The number of fused-ring (bicyclic) bond motifs is 1. The molecule has 0 radical (unpaired) electrons. The Bertz CT molecular complexity index is 633. The lowest BCUT2D eigenvalue weighted by Gasteiger charge is -2.35. The van der Waals surface area contributed by atoms with E-state index in [-0.39, 0.29) is 11.9 Å². The Morgan fingerprint density at radius 1 is 1.38 bits per heavy atom. The van der Waals surface area contributed by atoms with Crippen LogP contribution in [0.15, 0.2) is 17.8 Å². The summed E-state index contributed by atoms with van der Waals surface area (Å²) in [4.78, 5) is 25.9. The van der Waals surface area contributed by atoms with E-state index >= 15 is 0 Å². The number of hydrogen-bond acceptors (Lipinski definition) is 6. The molecule has 2 N–H and O–H groups in total. The summed E-state index contributed by atoms with van der Waals surface area (Å²) < 4.78 is 0. The highest BCUT2D eigenvalue weighted by molar-refractivity contribution is 7.16. The van der Waals surface area contributed by atoms with E-state index in [0.29, 0.717) is 6.42 Å². The Morgan fingerprint density at radius 3 is 2.86 bits per heavy atom. The van der Waals surface area contributed by atoms with Crippen LogP contribution in [-0.2, 0) is 4.79 Å². The van der Waals surface area contributed by atoms with Crippen LogP contribution in [-0.4, -0.2) is 53.0 Å². The second-order valence-electron chi connectivity index (χ2n) is 5.39. The van der Waals surface area contributed by atoms with E-state index in [1.807, 2.05) is 17.2 Å². The molecule has 2 aromatic heterocycles. The average Bonchev–Trinajstić information content (AvgIpc) is 2.95. The molecule has 7 heteroatoms. The number of amides is 1. The maximum Gasteiger partial charge on any atom is 0.224 e. The summed E-state index contributed by atoms with van der Waals surface area (Å²) >= 11 is 1.62. The minimum atomic E-state index is -0.0807. The van der Waals surface area contributed by atoms with Crippen molar-refractivity contribution >= 4 is 33.3 Å². The van der Waals surface area contributed by atoms with Gasteiger partial charge < -0.3 is 15.5 Å². The molecule has 3 rings (SSSR count). The predicted octanol–water partition coefficient (Wildman–Crippen LogP) is 1.08. The Morgan fingerprint density at radius 2 is 2.14 bits per heavy atom. The second-order valence-corrected chi connectivity index (χ2v) is 6.28. The highest BCUT2D eigenvalue weighted by Gasteiger charge is 2.23. The normalized spacial score (nSPS) is 17.2. The number of aromatic nitrogens is 2. The van der Waals surface area contributed by atoms with E-state index in [0.717, 1.165) is 42.2 Å². The SMILES string of the molecule is CC(N)CC(=O)N1CCN(c2ncnc3sccc23)CC1. The molecule has 3 heterocycles. The standard InChI is InChI=1S/C14H19N5OS/c1-10(15)8-12(20)18-3-5-19(6-4-18)13-11-2-7-21-14(11)17-9-16-13/h2,7,9-10H,3-6,8,15H2,1H3. The Labute approximate surface area is 127 Å². The minimum Gasteiger partial charge on any atom is -0.352 e. The molecule has 0 spiro atoms. The van der Waals surface area contributed by atoms with Crippen molar-refractivity contribution in [1.29, 1.82) is 0 Å². The Balaban J connectivity index is 1.68. The molecule has 0 aromatic carbocycles. The maximum absolute atomic E-state index is 12.0. The molecule has 1 aliphatic rings. The summed E-state index contributed by atoms with van der Waals surface area (Å²) in [5.41, 5.74) is 5.70. The molecule has 2 aromatic rings. The van der Waals surface area contributed by atoms with Crippen LogP contribution in [0.25, 0.3) is 10.2 Å². The minimum absolute atomic E-state index is 0.0807. The topological polar surface area (TPSA) is 75.4 Å². The summed E-state index contributed by atoms with van der Waals surface area (Å²) in [6.07, 6.45) is 2.03. The van der Waals surface area contributed by atoms with Gasteiger partial charge in [0.25, 0.3) is 0 Å². The fourth-order valence-corrected chi connectivity index (χ4v) is 3.33. The van der Waals surface area contributed by atoms with Crippen molar-refractivity contribution in [3.63, 3.8) is 0 Å². The van der Waals surface area contributed by atoms with Crippen LogP contribution in [0.4, 0.5) is 5.82 Å². The molecule has 112 valence electrons. The molecule has 1 saturated heterocycles. The lowest BCUT2D eigenvalue weighted by molar-refractivity contribution is -0.131. The fourth-order valence-electron chi connectivity index (χ4n) is 2.60. The van der Waals surface area contributed by atoms with E-state index in [1.165, 1.54) is 0 Å². The van der Waals surface area contributed by atoms with Gasteiger partial charge in [-0.15, -0.1) is 11.3 Å². The fraction of sp³-hybridized carbons (Fsp3) is 0.500. The van der Waals surface area contributed by atoms with Crippen LogP contribution in [0.5, 0.6) is 0 Å². The van der Waals surface area contributed by atoms with Crippen LogP contribution in [0.1, 0.15) is 13.3 Å². The van der Waals surface area contributed by atoms with Gasteiger partial charge in [0.05, 0.1) is 5.39 Å². The maximum atomic E-state index is 12.0. The monoisotopic (exact) mass is 305 g/mol. The van der Waals surface area contributed by atoms with Gasteiger partial charge >= 0.3 is 0 Å². The molecule has 0 aliphatic carbocycles. The van der Waals surface area contributed by atoms with Crippen molar-refractivity contribution in [1.82, 2.24) is 14.9 Å². The van der Waals surface area contributed by atoms with Gasteiger partial charge in [-0.1, -0.05) is 0 Å². The molecule has 0 saturated carbocycles. The summed E-state index contributed by atoms with van der Waals surface area (Å²) in [5.74, 6) is 1.12. The Hall–Kier alpha value is -1.73. The number of nitrogens with two attached hydrogens (primary N) is 1. The first-order chi connectivity index (χ1) is 10.1. The summed E-state index contributed by atoms with van der Waals surface area (Å²) in [6, 6.07) is 1.98. The lowest BCUT2D eigenvalue weighted by atomic mass is 10.2. The third-order valence-electron chi connectivity index (χ3n) is 3.67. The molecule has 1 fully saturated rings. The highest BCUT2D eigenvalue weighted by atomic mass is 32.1. The molecule has 1 aliphatic heterocycles. The van der Waals surface area contributed by atoms with Gasteiger partial charge in [0.15, 0.2) is 0 Å². The van der Waals surface area contributed by atoms with E-state index in [1.54, 1.807) is 17.7 Å². The number of hydrogen-bond donors (Lipinski definition) is 1. The van der Waals surface area contributed by atoms with Crippen molar-refractivity contribution in [3.8, 4) is 0 Å². The quantitative estimate of drug-likeness (QED) is 0.918. The number of carbonyl (C=O) groups excluding carboxylic acids is 1. The largest absolute Gasteiger partial charge is 0.352 e. The third kappa shape index (κ3) is 2.98. The molecule has 0 bridgehead atoms. The number of anilines is 1. The smallest absolute Gasteiger partial charge is 0.224 e. The number of carbonyl (C=O) groups is 1. The van der Waals surface area contributed by atoms with Gasteiger partial charge in [0, 0.05) is 38.6 Å². The van der Waals surface area contributed by atoms with Gasteiger partial charge in [0.1, 0.15) is 17.0 Å². The first kappa shape index (κ1) is 14.2. The van der Waals surface area contributed by atoms with E-state index in [2.05, 4.69) is 20.9 Å². The van der Waals surface area contributed by atoms with Crippen LogP contribution < -0.4 is 10.6 Å². The van der Waals surface area contributed by atoms with Crippen LogP contribution in [0, 0.1) is 0 Å². The average molecular weight is 305 g/mol. The third-order valence-corrected chi connectivity index (χ3v) is 4.49. The highest BCUT2D eigenvalue weighted by Crippen LogP contribution is 2.27. The van der Waals surface area contributed by atoms with E-state index < -0.39 is 0 Å². The van der Waals surface area contributed by atoms with Crippen LogP contribution in [0.3, 0.4) is 0 Å². The number of nitrogens with zero attached hydrogens (tertiary/aromatic N) is 4. The van der Waals surface area contributed by atoms with Crippen molar-refractivity contribution < 1.29 is 4.79 Å². The van der Waals surface area contributed by atoms with Crippen molar-refractivity contribution in [2.45, 2.75) is 19.4 Å². The molecule has 1 amide bonds.